The Morgan fingerprint density at radius 1 is 1.15 bits per heavy atom. The van der Waals surface area contributed by atoms with Crippen LogP contribution in [0.4, 0.5) is 0 Å². The number of hydrogen-bond donors (Lipinski definition) is 0. The molecule has 26 heavy (non-hydrogen) atoms. The number of esters is 1. The lowest BCUT2D eigenvalue weighted by Crippen LogP contribution is -2.23. The van der Waals surface area contributed by atoms with E-state index < -0.39 is 0 Å². The molecule has 0 saturated carbocycles. The number of methoxy groups -OCH3 is 1. The fourth-order valence-electron chi connectivity index (χ4n) is 2.52. The molecule has 138 valence electrons. The van der Waals surface area contributed by atoms with Crippen LogP contribution in [-0.2, 0) is 16.1 Å². The highest BCUT2D eigenvalue weighted by molar-refractivity contribution is 5.70. The molecule has 0 spiro atoms. The van der Waals surface area contributed by atoms with Crippen LogP contribution < -0.4 is 4.74 Å². The van der Waals surface area contributed by atoms with E-state index in [4.69, 9.17) is 9.47 Å². The first kappa shape index (κ1) is 19.5. The number of carbonyl (C=O) groups excluding carboxylic acids is 1. The summed E-state index contributed by atoms with van der Waals surface area (Å²) in [5.74, 6) is 0.520. The average molecular weight is 354 g/mol. The molecule has 0 aromatic heterocycles. The molecule has 0 aliphatic carbocycles. The number of carbonyl (C=O) groups is 1. The van der Waals surface area contributed by atoms with E-state index in [9.17, 15) is 4.79 Å². The molecule has 0 amide bonds. The molecule has 0 N–H and O–H groups in total. The lowest BCUT2D eigenvalue weighted by atomic mass is 10.0. The highest BCUT2D eigenvalue weighted by Crippen LogP contribution is 2.26. The monoisotopic (exact) mass is 354 g/mol. The van der Waals surface area contributed by atoms with E-state index in [1.165, 1.54) is 7.11 Å². The summed E-state index contributed by atoms with van der Waals surface area (Å²) >= 11 is 0. The average Bonchev–Trinajstić information content (AvgIpc) is 2.69. The van der Waals surface area contributed by atoms with Gasteiger partial charge in [-0.3, -0.25) is 9.80 Å². The molecule has 1 atom stereocenters. The van der Waals surface area contributed by atoms with Gasteiger partial charge in [-0.2, -0.15) is 5.10 Å². The van der Waals surface area contributed by atoms with Crippen LogP contribution in [0, 0.1) is 0 Å². The van der Waals surface area contributed by atoms with Crippen LogP contribution >= 0.6 is 0 Å². The van der Waals surface area contributed by atoms with Crippen LogP contribution in [0.1, 0.15) is 36.9 Å². The summed E-state index contributed by atoms with van der Waals surface area (Å²) in [6.45, 7) is 2.54. The van der Waals surface area contributed by atoms with Crippen molar-refractivity contribution in [1.29, 1.82) is 0 Å². The molecule has 5 heteroatoms. The van der Waals surface area contributed by atoms with Crippen molar-refractivity contribution in [1.82, 2.24) is 5.01 Å². The van der Waals surface area contributed by atoms with Gasteiger partial charge in [-0.1, -0.05) is 49.4 Å². The number of nitrogens with zero attached hydrogens (tertiary/aromatic N) is 2. The third kappa shape index (κ3) is 5.92. The summed E-state index contributed by atoms with van der Waals surface area (Å²) in [4.78, 5) is 11.8. The lowest BCUT2D eigenvalue weighted by molar-refractivity contribution is -0.142. The Hall–Kier alpha value is -2.82. The molecule has 0 aliphatic heterocycles. The Labute approximate surface area is 155 Å². The summed E-state index contributed by atoms with van der Waals surface area (Å²) in [6, 6.07) is 17.6. The number of hydrazone groups is 1. The van der Waals surface area contributed by atoms with Gasteiger partial charge < -0.3 is 9.47 Å². The van der Waals surface area contributed by atoms with E-state index in [-0.39, 0.29) is 18.4 Å². The normalized spacial score (nSPS) is 12.0. The van der Waals surface area contributed by atoms with Crippen LogP contribution in [-0.4, -0.2) is 31.4 Å². The fourth-order valence-corrected chi connectivity index (χ4v) is 2.52. The van der Waals surface area contributed by atoms with Gasteiger partial charge in [0.15, 0.2) is 0 Å². The van der Waals surface area contributed by atoms with Gasteiger partial charge in [0.1, 0.15) is 12.4 Å². The SMILES string of the molecule is CC/C=N\N(C)C(CC(=O)OC)c1ccc(OCc2ccccc2)cc1. The largest absolute Gasteiger partial charge is 0.489 e. The standard InChI is InChI=1S/C21H26N2O3/c1-4-14-22-23(2)20(15-21(24)25-3)18-10-12-19(13-11-18)26-16-17-8-6-5-7-9-17/h5-14,20H,4,15-16H2,1-3H3/b22-14-. The molecule has 2 aromatic carbocycles. The van der Waals surface area contributed by atoms with E-state index in [0.717, 1.165) is 23.3 Å². The van der Waals surface area contributed by atoms with E-state index in [0.29, 0.717) is 6.61 Å². The van der Waals surface area contributed by atoms with Gasteiger partial charge >= 0.3 is 5.97 Å². The van der Waals surface area contributed by atoms with Crippen molar-refractivity contribution in [2.45, 2.75) is 32.4 Å². The summed E-state index contributed by atoms with van der Waals surface area (Å²) in [5, 5.41) is 6.17. The van der Waals surface area contributed by atoms with Crippen molar-refractivity contribution in [3.05, 3.63) is 65.7 Å². The minimum atomic E-state index is -0.266. The van der Waals surface area contributed by atoms with E-state index in [1.54, 1.807) is 5.01 Å². The van der Waals surface area contributed by atoms with Gasteiger partial charge in [0.25, 0.3) is 0 Å². The minimum Gasteiger partial charge on any atom is -0.489 e. The second-order valence-electron chi connectivity index (χ2n) is 5.92. The molecule has 1 unspecified atom stereocenters. The first-order valence-electron chi connectivity index (χ1n) is 8.72. The zero-order valence-corrected chi connectivity index (χ0v) is 15.6. The molecule has 5 nitrogen and oxygen atoms in total. The number of ether oxygens (including phenoxy) is 2. The summed E-state index contributed by atoms with van der Waals surface area (Å²) in [5.41, 5.74) is 2.10. The third-order valence-electron chi connectivity index (χ3n) is 4.00. The topological polar surface area (TPSA) is 51.1 Å². The van der Waals surface area contributed by atoms with Crippen molar-refractivity contribution in [3.8, 4) is 5.75 Å². The van der Waals surface area contributed by atoms with Gasteiger partial charge in [-0.15, -0.1) is 0 Å². The number of hydrogen-bond acceptors (Lipinski definition) is 5. The highest BCUT2D eigenvalue weighted by Gasteiger charge is 2.20. The van der Waals surface area contributed by atoms with Crippen molar-refractivity contribution in [3.63, 3.8) is 0 Å². The van der Waals surface area contributed by atoms with Crippen molar-refractivity contribution in [2.24, 2.45) is 5.10 Å². The van der Waals surface area contributed by atoms with Crippen LogP contribution in [0.25, 0.3) is 0 Å². The van der Waals surface area contributed by atoms with Gasteiger partial charge in [0, 0.05) is 13.3 Å². The second kappa shape index (κ2) is 10.2. The van der Waals surface area contributed by atoms with E-state index >= 15 is 0 Å². The third-order valence-corrected chi connectivity index (χ3v) is 4.00. The summed E-state index contributed by atoms with van der Waals surface area (Å²) < 4.78 is 10.6. The molecule has 0 heterocycles. The van der Waals surface area contributed by atoms with Crippen LogP contribution in [0.3, 0.4) is 0 Å². The first-order valence-corrected chi connectivity index (χ1v) is 8.72. The molecule has 2 aromatic rings. The van der Waals surface area contributed by atoms with Gasteiger partial charge in [0.05, 0.1) is 19.6 Å². The first-order chi connectivity index (χ1) is 12.6. The maximum atomic E-state index is 11.8. The van der Waals surface area contributed by atoms with E-state index in [2.05, 4.69) is 5.10 Å². The Balaban J connectivity index is 2.07. The Kier molecular flexibility index (Phi) is 7.68. The summed E-state index contributed by atoms with van der Waals surface area (Å²) in [7, 11) is 3.26. The number of rotatable bonds is 9. The maximum absolute atomic E-state index is 11.8. The van der Waals surface area contributed by atoms with Crippen molar-refractivity contribution >= 4 is 12.2 Å². The van der Waals surface area contributed by atoms with Gasteiger partial charge in [-0.25, -0.2) is 0 Å². The molecular weight excluding hydrogens is 328 g/mol. The Morgan fingerprint density at radius 3 is 2.46 bits per heavy atom. The van der Waals surface area contributed by atoms with Crippen LogP contribution in [0.2, 0.25) is 0 Å². The Morgan fingerprint density at radius 2 is 1.85 bits per heavy atom. The van der Waals surface area contributed by atoms with Crippen LogP contribution in [0.5, 0.6) is 5.75 Å². The highest BCUT2D eigenvalue weighted by atomic mass is 16.5. The molecule has 2 rings (SSSR count). The van der Waals surface area contributed by atoms with Crippen molar-refractivity contribution < 1.29 is 14.3 Å². The van der Waals surface area contributed by atoms with E-state index in [1.807, 2.05) is 74.8 Å². The molecule has 0 radical (unpaired) electrons. The molecule has 0 bridgehead atoms. The predicted octanol–water partition coefficient (Wildman–Crippen LogP) is 4.20. The summed E-state index contributed by atoms with van der Waals surface area (Å²) in [6.07, 6.45) is 2.89. The van der Waals surface area contributed by atoms with Gasteiger partial charge in [0.2, 0.25) is 0 Å². The maximum Gasteiger partial charge on any atom is 0.308 e. The number of benzene rings is 2. The van der Waals surface area contributed by atoms with Crippen molar-refractivity contribution in [2.75, 3.05) is 14.2 Å². The van der Waals surface area contributed by atoms with Gasteiger partial charge in [-0.05, 0) is 29.7 Å². The van der Waals surface area contributed by atoms with Crippen LogP contribution in [0.15, 0.2) is 59.7 Å². The Bertz CT molecular complexity index is 699. The zero-order valence-electron chi connectivity index (χ0n) is 15.6. The molecular formula is C21H26N2O3. The second-order valence-corrected chi connectivity index (χ2v) is 5.92. The lowest BCUT2D eigenvalue weighted by Gasteiger charge is -2.25. The molecule has 0 fully saturated rings. The predicted molar refractivity (Wildman–Crippen MR) is 103 cm³/mol. The quantitative estimate of drug-likeness (QED) is 0.385. The molecule has 0 saturated heterocycles. The smallest absolute Gasteiger partial charge is 0.308 e. The zero-order chi connectivity index (χ0) is 18.8. The fraction of sp³-hybridized carbons (Fsp3) is 0.333. The molecule has 0 aliphatic rings. The minimum absolute atomic E-state index is 0.187.